The lowest BCUT2D eigenvalue weighted by Crippen LogP contribution is -1.97. The molecule has 1 atom stereocenters. The van der Waals surface area contributed by atoms with Crippen molar-refractivity contribution in [2.24, 2.45) is 4.36 Å². The van der Waals surface area contributed by atoms with E-state index in [4.69, 9.17) is 15.3 Å². The highest BCUT2D eigenvalue weighted by atomic mass is 32.2. The Bertz CT molecular complexity index is 394. The molecule has 0 bridgehead atoms. The first-order valence-electron chi connectivity index (χ1n) is 3.71. The van der Waals surface area contributed by atoms with E-state index >= 15 is 0 Å². The van der Waals surface area contributed by atoms with Gasteiger partial charge in [-0.05, 0) is 6.92 Å². The lowest BCUT2D eigenvalue weighted by atomic mass is 10.3. The van der Waals surface area contributed by atoms with Crippen LogP contribution < -0.4 is 0 Å². The van der Waals surface area contributed by atoms with Crippen molar-refractivity contribution in [1.29, 1.82) is 15.3 Å². The summed E-state index contributed by atoms with van der Waals surface area (Å²) in [7, 11) is -1.77. The molecule has 4 nitrogen and oxygen atoms in total. The van der Waals surface area contributed by atoms with Crippen molar-refractivity contribution in [2.45, 2.75) is 13.8 Å². The van der Waals surface area contributed by atoms with Gasteiger partial charge >= 0.3 is 0 Å². The molecule has 5 heteroatoms. The quantitative estimate of drug-likeness (QED) is 0.685. The molecule has 1 unspecified atom stereocenters. The number of nitrogens with one attached hydrogen (secondary N) is 1. The van der Waals surface area contributed by atoms with E-state index in [1.165, 1.54) is 0 Å². The van der Waals surface area contributed by atoms with E-state index in [2.05, 4.69) is 4.36 Å². The highest BCUT2D eigenvalue weighted by Crippen LogP contribution is 2.07. The lowest BCUT2D eigenvalue weighted by molar-refractivity contribution is 1.27. The van der Waals surface area contributed by atoms with Gasteiger partial charge in [-0.3, -0.25) is 4.78 Å². The maximum Gasteiger partial charge on any atom is 0.151 e. The maximum absolute atomic E-state index is 8.52. The summed E-state index contributed by atoms with van der Waals surface area (Å²) in [5.74, 6) is 0.633. The third-order valence-electron chi connectivity index (χ3n) is 1.49. The molecule has 0 saturated carbocycles. The van der Waals surface area contributed by atoms with Gasteiger partial charge in [-0.1, -0.05) is 16.5 Å². The Labute approximate surface area is 79.1 Å². The monoisotopic (exact) mass is 196 g/mol. The maximum atomic E-state index is 8.52. The van der Waals surface area contributed by atoms with Gasteiger partial charge in [0.2, 0.25) is 0 Å². The smallest absolute Gasteiger partial charge is 0.151 e. The largest absolute Gasteiger partial charge is 0.270 e. The van der Waals surface area contributed by atoms with Gasteiger partial charge in [0.05, 0.1) is 5.70 Å². The summed E-state index contributed by atoms with van der Waals surface area (Å²) in [5.41, 5.74) is 0.374. The molecular formula is C8H12N4S. The number of nitrogens with zero attached hydrogens (tertiary/aromatic N) is 3. The molecule has 0 amide bonds. The number of hydrogen-bond donors (Lipinski definition) is 1. The molecular weight excluding hydrogens is 184 g/mol. The van der Waals surface area contributed by atoms with Crippen LogP contribution in [-0.2, 0) is 9.62 Å². The molecule has 0 aliphatic heterocycles. The fourth-order valence-electron chi connectivity index (χ4n) is 0.599. The van der Waals surface area contributed by atoms with Crippen LogP contribution in [0, 0.1) is 27.4 Å². The second-order valence-electron chi connectivity index (χ2n) is 2.60. The summed E-state index contributed by atoms with van der Waals surface area (Å²) in [5, 5.41) is 17.0. The third kappa shape index (κ3) is 3.73. The normalized spacial score (nSPS) is 13.3. The molecule has 0 radical (unpaired) electrons. The minimum Gasteiger partial charge on any atom is -0.270 e. The van der Waals surface area contributed by atoms with Crippen LogP contribution in [0.1, 0.15) is 13.8 Å². The molecule has 0 saturated heterocycles. The fraction of sp³-hybridized carbons (Fsp3) is 0.500. The molecule has 70 valence electrons. The molecule has 0 aliphatic rings. The first-order valence-corrected chi connectivity index (χ1v) is 5.88. The standard InChI is InChI=1S/C8H12N4S/c1-4-13(3,11)12-7(2)8(5-9)6-10/h11H,4H2,1-3H3. The van der Waals surface area contributed by atoms with Crippen LogP contribution in [0.2, 0.25) is 0 Å². The molecule has 0 spiro atoms. The number of allylic oxidation sites excluding steroid dienone is 2. The molecule has 13 heavy (non-hydrogen) atoms. The van der Waals surface area contributed by atoms with Crippen LogP contribution in [0.4, 0.5) is 0 Å². The topological polar surface area (TPSA) is 83.8 Å². The highest BCUT2D eigenvalue weighted by Gasteiger charge is 2.00. The average molecular weight is 196 g/mol. The van der Waals surface area contributed by atoms with Crippen LogP contribution in [0.25, 0.3) is 0 Å². The minimum absolute atomic E-state index is 0.000532. The van der Waals surface area contributed by atoms with Crippen molar-refractivity contribution in [1.82, 2.24) is 0 Å². The van der Waals surface area contributed by atoms with Crippen LogP contribution in [0.15, 0.2) is 15.6 Å². The Morgan fingerprint density at radius 1 is 1.46 bits per heavy atom. The van der Waals surface area contributed by atoms with E-state index in [-0.39, 0.29) is 5.57 Å². The molecule has 1 N–H and O–H groups in total. The van der Waals surface area contributed by atoms with Crippen LogP contribution >= 0.6 is 0 Å². The average Bonchev–Trinajstić information content (AvgIpc) is 2.06. The predicted octanol–water partition coefficient (Wildman–Crippen LogP) is 2.06. The lowest BCUT2D eigenvalue weighted by Gasteiger charge is -2.02. The summed E-state index contributed by atoms with van der Waals surface area (Å²) in [6.45, 7) is 3.47. The number of hydrogen-bond acceptors (Lipinski definition) is 4. The van der Waals surface area contributed by atoms with Crippen LogP contribution in [0.3, 0.4) is 0 Å². The van der Waals surface area contributed by atoms with Crippen LogP contribution in [0.5, 0.6) is 0 Å². The van der Waals surface area contributed by atoms with Gasteiger partial charge in [0.25, 0.3) is 0 Å². The van der Waals surface area contributed by atoms with E-state index in [0.29, 0.717) is 11.4 Å². The molecule has 0 fully saturated rings. The minimum atomic E-state index is -1.77. The SMILES string of the molecule is CCS(C)(=N)=NC(C)=C(C#N)C#N. The van der Waals surface area contributed by atoms with Crippen molar-refractivity contribution in [2.75, 3.05) is 12.0 Å². The fourth-order valence-corrected chi connectivity index (χ4v) is 1.42. The van der Waals surface area contributed by atoms with Gasteiger partial charge in [-0.15, -0.1) is 0 Å². The Balaban J connectivity index is 5.32. The molecule has 0 aromatic rings. The zero-order valence-electron chi connectivity index (χ0n) is 7.96. The van der Waals surface area contributed by atoms with Gasteiger partial charge in [-0.25, -0.2) is 4.36 Å². The first kappa shape index (κ1) is 11.7. The van der Waals surface area contributed by atoms with Gasteiger partial charge < -0.3 is 0 Å². The number of rotatable bonds is 2. The van der Waals surface area contributed by atoms with Crippen molar-refractivity contribution < 1.29 is 0 Å². The van der Waals surface area contributed by atoms with Gasteiger partial charge in [0.15, 0.2) is 5.57 Å². The molecule has 0 aliphatic carbocycles. The zero-order valence-corrected chi connectivity index (χ0v) is 8.77. The Morgan fingerprint density at radius 3 is 2.23 bits per heavy atom. The second-order valence-corrected chi connectivity index (χ2v) is 5.44. The predicted molar refractivity (Wildman–Crippen MR) is 52.9 cm³/mol. The molecule has 0 heterocycles. The van der Waals surface area contributed by atoms with E-state index in [9.17, 15) is 0 Å². The number of nitriles is 2. The second kappa shape index (κ2) is 4.64. The Morgan fingerprint density at radius 2 is 1.92 bits per heavy atom. The van der Waals surface area contributed by atoms with Gasteiger partial charge in [-0.2, -0.15) is 10.5 Å². The van der Waals surface area contributed by atoms with E-state index < -0.39 is 9.62 Å². The van der Waals surface area contributed by atoms with Crippen molar-refractivity contribution in [3.05, 3.63) is 11.3 Å². The van der Waals surface area contributed by atoms with Gasteiger partial charge in [0.1, 0.15) is 12.1 Å². The third-order valence-corrected chi connectivity index (χ3v) is 3.29. The highest BCUT2D eigenvalue weighted by molar-refractivity contribution is 7.93. The molecule has 0 aromatic heterocycles. The summed E-state index contributed by atoms with van der Waals surface area (Å²) >= 11 is 0. The first-order chi connectivity index (χ1) is 5.96. The van der Waals surface area contributed by atoms with Gasteiger partial charge in [0, 0.05) is 12.0 Å². The summed E-state index contributed by atoms with van der Waals surface area (Å²) < 4.78 is 11.8. The van der Waals surface area contributed by atoms with Crippen molar-refractivity contribution >= 4 is 9.62 Å². The van der Waals surface area contributed by atoms with E-state index in [1.807, 2.05) is 6.92 Å². The molecule has 0 rings (SSSR count). The summed E-state index contributed by atoms with van der Waals surface area (Å²) in [6.07, 6.45) is 1.73. The zero-order chi connectivity index (χ0) is 10.5. The van der Waals surface area contributed by atoms with Crippen molar-refractivity contribution in [3.8, 4) is 12.1 Å². The summed E-state index contributed by atoms with van der Waals surface area (Å²) in [4.78, 5) is 0. The Kier molecular flexibility index (Phi) is 4.16. The van der Waals surface area contributed by atoms with E-state index in [1.54, 1.807) is 25.3 Å². The van der Waals surface area contributed by atoms with Crippen LogP contribution in [-0.4, -0.2) is 12.0 Å². The summed E-state index contributed by atoms with van der Waals surface area (Å²) in [6, 6.07) is 3.51. The van der Waals surface area contributed by atoms with E-state index in [0.717, 1.165) is 0 Å². The Hall–Kier alpha value is -1.33. The molecule has 0 aromatic carbocycles. The van der Waals surface area contributed by atoms with Crippen molar-refractivity contribution in [3.63, 3.8) is 0 Å².